The lowest BCUT2D eigenvalue weighted by Gasteiger charge is -2.17. The molecule has 2 heterocycles. The minimum atomic E-state index is -0.481. The normalized spacial score (nSPS) is 12.4. The smallest absolute Gasteiger partial charge is 0.274 e. The Bertz CT molecular complexity index is 859. The number of nitrogens with one attached hydrogen (secondary N) is 2. The van der Waals surface area contributed by atoms with Gasteiger partial charge >= 0.3 is 0 Å². The van der Waals surface area contributed by atoms with Gasteiger partial charge in [0, 0.05) is 19.2 Å². The first-order chi connectivity index (χ1) is 13.1. The third-order valence-corrected chi connectivity index (χ3v) is 4.04. The van der Waals surface area contributed by atoms with Crippen LogP contribution in [-0.4, -0.2) is 50.3 Å². The van der Waals surface area contributed by atoms with E-state index in [1.807, 2.05) is 0 Å². The highest BCUT2D eigenvalue weighted by Gasteiger charge is 2.18. The predicted octanol–water partition coefficient (Wildman–Crippen LogP) is 2.13. The summed E-state index contributed by atoms with van der Waals surface area (Å²) in [5, 5.41) is 5.66. The van der Waals surface area contributed by atoms with E-state index in [9.17, 15) is 9.59 Å². The summed E-state index contributed by atoms with van der Waals surface area (Å²) in [6.07, 6.45) is 0. The largest absolute Gasteiger partial charge is 0.484 e. The van der Waals surface area contributed by atoms with Gasteiger partial charge in [0.2, 0.25) is 0 Å². The topological polar surface area (TPSA) is 98.8 Å². The number of aromatic nitrogens is 1. The van der Waals surface area contributed by atoms with Crippen molar-refractivity contribution in [1.82, 2.24) is 10.3 Å². The molecule has 0 fully saturated rings. The summed E-state index contributed by atoms with van der Waals surface area (Å²) in [6.45, 7) is 1.59. The lowest BCUT2D eigenvalue weighted by atomic mass is 10.2. The van der Waals surface area contributed by atoms with Crippen LogP contribution in [-0.2, 0) is 4.74 Å². The summed E-state index contributed by atoms with van der Waals surface area (Å²) in [5.41, 5.74) is 0.809. The van der Waals surface area contributed by atoms with Gasteiger partial charge in [-0.3, -0.25) is 9.59 Å². The zero-order valence-corrected chi connectivity index (χ0v) is 15.3. The van der Waals surface area contributed by atoms with Crippen LogP contribution in [0.4, 0.5) is 5.69 Å². The Morgan fingerprint density at radius 1 is 1.19 bits per heavy atom. The van der Waals surface area contributed by atoms with Gasteiger partial charge in [0.25, 0.3) is 17.7 Å². The van der Waals surface area contributed by atoms with E-state index in [0.717, 1.165) is 0 Å². The molecule has 0 saturated heterocycles. The van der Waals surface area contributed by atoms with Crippen molar-refractivity contribution >= 4 is 29.1 Å². The predicted molar refractivity (Wildman–Crippen MR) is 98.8 cm³/mol. The van der Waals surface area contributed by atoms with Gasteiger partial charge in [0.05, 0.1) is 17.3 Å². The van der Waals surface area contributed by atoms with Crippen LogP contribution in [0.15, 0.2) is 30.3 Å². The number of carbonyl (C=O) groups excluding carboxylic acids is 2. The number of fused-ring (bicyclic) bond motifs is 1. The highest BCUT2D eigenvalue weighted by atomic mass is 35.5. The molecule has 0 atom stereocenters. The lowest BCUT2D eigenvalue weighted by molar-refractivity contribution is 0.0936. The number of halogens is 1. The maximum atomic E-state index is 12.5. The molecule has 0 saturated carbocycles. The standard InChI is InChI=1S/C18H18ClN3O5/c1-25-7-6-20-16(23)11-2-3-12(19)14(10-11)21-17(24)13-4-5-15-18(22-13)27-9-8-26-15/h2-5,10H,6-9H2,1H3,(H,20,23)(H,21,24). The second-order valence-corrected chi connectivity index (χ2v) is 6.00. The first-order valence-corrected chi connectivity index (χ1v) is 8.61. The van der Waals surface area contributed by atoms with Crippen LogP contribution >= 0.6 is 11.6 Å². The van der Waals surface area contributed by atoms with Gasteiger partial charge in [-0.15, -0.1) is 0 Å². The van der Waals surface area contributed by atoms with Crippen molar-refractivity contribution in [3.63, 3.8) is 0 Å². The number of ether oxygens (including phenoxy) is 3. The van der Waals surface area contributed by atoms with E-state index in [-0.39, 0.29) is 17.5 Å². The van der Waals surface area contributed by atoms with Gasteiger partial charge in [-0.05, 0) is 30.3 Å². The van der Waals surface area contributed by atoms with Crippen molar-refractivity contribution in [3.05, 3.63) is 46.6 Å². The number of amides is 2. The quantitative estimate of drug-likeness (QED) is 0.732. The number of carbonyl (C=O) groups is 2. The number of methoxy groups -OCH3 is 1. The van der Waals surface area contributed by atoms with Crippen LogP contribution < -0.4 is 20.1 Å². The van der Waals surface area contributed by atoms with E-state index in [0.29, 0.717) is 48.4 Å². The minimum absolute atomic E-state index is 0.144. The average Bonchev–Trinajstić information content (AvgIpc) is 2.69. The molecular weight excluding hydrogens is 374 g/mol. The van der Waals surface area contributed by atoms with Crippen molar-refractivity contribution < 1.29 is 23.8 Å². The summed E-state index contributed by atoms with van der Waals surface area (Å²) < 4.78 is 15.7. The number of nitrogens with zero attached hydrogens (tertiary/aromatic N) is 1. The number of anilines is 1. The molecule has 1 aromatic carbocycles. The molecule has 0 spiro atoms. The molecule has 0 bridgehead atoms. The Labute approximate surface area is 160 Å². The van der Waals surface area contributed by atoms with Crippen molar-refractivity contribution in [3.8, 4) is 11.6 Å². The number of hydrogen-bond acceptors (Lipinski definition) is 6. The van der Waals surface area contributed by atoms with Gasteiger partial charge in [0.15, 0.2) is 5.75 Å². The van der Waals surface area contributed by atoms with Crippen LogP contribution in [0.1, 0.15) is 20.8 Å². The van der Waals surface area contributed by atoms with E-state index in [1.54, 1.807) is 25.3 Å². The molecule has 0 radical (unpaired) electrons. The molecule has 1 aromatic heterocycles. The van der Waals surface area contributed by atoms with Crippen LogP contribution in [0.3, 0.4) is 0 Å². The fraction of sp³-hybridized carbons (Fsp3) is 0.278. The Kier molecular flexibility index (Phi) is 6.10. The molecule has 142 valence electrons. The second kappa shape index (κ2) is 8.70. The first kappa shape index (κ1) is 18.9. The second-order valence-electron chi connectivity index (χ2n) is 5.59. The Morgan fingerprint density at radius 2 is 2.00 bits per heavy atom. The van der Waals surface area contributed by atoms with E-state index >= 15 is 0 Å². The first-order valence-electron chi connectivity index (χ1n) is 8.23. The minimum Gasteiger partial charge on any atom is -0.484 e. The van der Waals surface area contributed by atoms with Crippen LogP contribution in [0.25, 0.3) is 0 Å². The highest BCUT2D eigenvalue weighted by Crippen LogP contribution is 2.28. The lowest BCUT2D eigenvalue weighted by Crippen LogP contribution is -2.27. The van der Waals surface area contributed by atoms with E-state index in [4.69, 9.17) is 25.8 Å². The number of hydrogen-bond donors (Lipinski definition) is 2. The molecule has 9 heteroatoms. The zero-order chi connectivity index (χ0) is 19.2. The van der Waals surface area contributed by atoms with E-state index in [1.165, 1.54) is 12.1 Å². The van der Waals surface area contributed by atoms with Crippen molar-refractivity contribution in [1.29, 1.82) is 0 Å². The maximum absolute atomic E-state index is 12.5. The monoisotopic (exact) mass is 391 g/mol. The van der Waals surface area contributed by atoms with Crippen LogP contribution in [0, 0.1) is 0 Å². The molecule has 3 rings (SSSR count). The summed E-state index contributed by atoms with van der Waals surface area (Å²) >= 11 is 6.14. The van der Waals surface area contributed by atoms with Gasteiger partial charge in [-0.25, -0.2) is 4.98 Å². The molecule has 1 aliphatic heterocycles. The van der Waals surface area contributed by atoms with Gasteiger partial charge in [0.1, 0.15) is 18.9 Å². The molecule has 8 nitrogen and oxygen atoms in total. The molecular formula is C18H18ClN3O5. The van der Waals surface area contributed by atoms with Gasteiger partial charge < -0.3 is 24.8 Å². The molecule has 27 heavy (non-hydrogen) atoms. The zero-order valence-electron chi connectivity index (χ0n) is 14.6. The molecule has 2 amide bonds. The van der Waals surface area contributed by atoms with Gasteiger partial charge in [-0.1, -0.05) is 11.6 Å². The Hall–Kier alpha value is -2.84. The fourth-order valence-corrected chi connectivity index (χ4v) is 2.54. The summed E-state index contributed by atoms with van der Waals surface area (Å²) in [7, 11) is 1.55. The van der Waals surface area contributed by atoms with E-state index < -0.39 is 5.91 Å². The molecule has 0 unspecified atom stereocenters. The fourth-order valence-electron chi connectivity index (χ4n) is 2.37. The maximum Gasteiger partial charge on any atom is 0.274 e. The van der Waals surface area contributed by atoms with Crippen LogP contribution in [0.5, 0.6) is 11.6 Å². The Morgan fingerprint density at radius 3 is 2.81 bits per heavy atom. The summed E-state index contributed by atoms with van der Waals surface area (Å²) in [6, 6.07) is 7.76. The van der Waals surface area contributed by atoms with Gasteiger partial charge in [-0.2, -0.15) is 0 Å². The summed E-state index contributed by atoms with van der Waals surface area (Å²) in [4.78, 5) is 28.8. The van der Waals surface area contributed by atoms with Crippen LogP contribution in [0.2, 0.25) is 5.02 Å². The average molecular weight is 392 g/mol. The highest BCUT2D eigenvalue weighted by molar-refractivity contribution is 6.34. The summed E-state index contributed by atoms with van der Waals surface area (Å²) in [5.74, 6) is -0.0145. The van der Waals surface area contributed by atoms with E-state index in [2.05, 4.69) is 15.6 Å². The third-order valence-electron chi connectivity index (χ3n) is 3.71. The third kappa shape index (κ3) is 4.66. The number of pyridine rings is 1. The molecule has 2 N–H and O–H groups in total. The Balaban J connectivity index is 1.73. The molecule has 0 aliphatic carbocycles. The number of benzene rings is 1. The number of rotatable bonds is 6. The van der Waals surface area contributed by atoms with Crippen molar-refractivity contribution in [2.45, 2.75) is 0 Å². The van der Waals surface area contributed by atoms with Crippen molar-refractivity contribution in [2.75, 3.05) is 38.8 Å². The van der Waals surface area contributed by atoms with Crippen molar-refractivity contribution in [2.24, 2.45) is 0 Å². The SMILES string of the molecule is COCCNC(=O)c1ccc(Cl)c(NC(=O)c2ccc3c(n2)OCCO3)c1. The molecule has 1 aliphatic rings. The molecule has 2 aromatic rings.